The zero-order valence-electron chi connectivity index (χ0n) is 12.2. The molecule has 2 amide bonds. The maximum Gasteiger partial charge on any atom is 0.317 e. The monoisotopic (exact) mass is 290 g/mol. The Balaban J connectivity index is 1.87. The lowest BCUT2D eigenvalue weighted by Crippen LogP contribution is -2.42. The third-order valence-corrected chi connectivity index (χ3v) is 3.51. The zero-order chi connectivity index (χ0) is 15.1. The number of ether oxygens (including phenoxy) is 1. The number of nitrogens with zero attached hydrogens (tertiary/aromatic N) is 1. The summed E-state index contributed by atoms with van der Waals surface area (Å²) in [6.45, 7) is 6.04. The molecule has 0 radical (unpaired) electrons. The Hall–Kier alpha value is -2.01. The molecule has 0 unspecified atom stereocenters. The van der Waals surface area contributed by atoms with Crippen LogP contribution in [0.15, 0.2) is 36.4 Å². The molecule has 0 saturated carbocycles. The smallest absolute Gasteiger partial charge is 0.317 e. The fourth-order valence-electron chi connectivity index (χ4n) is 2.25. The van der Waals surface area contributed by atoms with E-state index in [2.05, 4.69) is 11.9 Å². The van der Waals surface area contributed by atoms with Crippen molar-refractivity contribution < 1.29 is 14.6 Å². The summed E-state index contributed by atoms with van der Waals surface area (Å²) in [6, 6.07) is 7.46. The van der Waals surface area contributed by atoms with Gasteiger partial charge in [0, 0.05) is 25.2 Å². The van der Waals surface area contributed by atoms with Crippen LogP contribution in [0.2, 0.25) is 0 Å². The number of hydrogen-bond acceptors (Lipinski definition) is 3. The second-order valence-corrected chi connectivity index (χ2v) is 5.08. The van der Waals surface area contributed by atoms with Crippen molar-refractivity contribution in [3.05, 3.63) is 42.0 Å². The van der Waals surface area contributed by atoms with Gasteiger partial charge in [-0.05, 0) is 18.9 Å². The fourth-order valence-corrected chi connectivity index (χ4v) is 2.25. The molecule has 1 fully saturated rings. The van der Waals surface area contributed by atoms with Crippen LogP contribution >= 0.6 is 0 Å². The summed E-state index contributed by atoms with van der Waals surface area (Å²) in [4.78, 5) is 13.9. The molecule has 0 aliphatic carbocycles. The Morgan fingerprint density at radius 2 is 2.05 bits per heavy atom. The standard InChI is InChI=1S/C16H22N2O3/c1-13-6-8-18(9-7-13)16(20)17-12-14-4-2-3-5-15(14)21-11-10-19/h2-5,19H,1,6-12H2,(H,17,20). The van der Waals surface area contributed by atoms with Gasteiger partial charge in [-0.25, -0.2) is 4.79 Å². The van der Waals surface area contributed by atoms with Crippen molar-refractivity contribution in [3.63, 3.8) is 0 Å². The molecule has 1 heterocycles. The molecule has 5 heteroatoms. The first-order valence-corrected chi connectivity index (χ1v) is 7.21. The Morgan fingerprint density at radius 1 is 1.33 bits per heavy atom. The molecular formula is C16H22N2O3. The van der Waals surface area contributed by atoms with E-state index < -0.39 is 0 Å². The summed E-state index contributed by atoms with van der Waals surface area (Å²) in [6.07, 6.45) is 1.76. The molecule has 21 heavy (non-hydrogen) atoms. The lowest BCUT2D eigenvalue weighted by Gasteiger charge is -2.28. The molecule has 0 spiro atoms. The Bertz CT molecular complexity index is 492. The number of carbonyl (C=O) groups excluding carboxylic acids is 1. The highest BCUT2D eigenvalue weighted by molar-refractivity contribution is 5.74. The number of nitrogens with one attached hydrogen (secondary N) is 1. The Kier molecular flexibility index (Phi) is 5.63. The van der Waals surface area contributed by atoms with Crippen LogP contribution in [-0.2, 0) is 6.54 Å². The molecule has 1 aromatic carbocycles. The van der Waals surface area contributed by atoms with Crippen LogP contribution in [0.3, 0.4) is 0 Å². The third kappa shape index (κ3) is 4.49. The number of benzene rings is 1. The van der Waals surface area contributed by atoms with Crippen molar-refractivity contribution in [2.75, 3.05) is 26.3 Å². The summed E-state index contributed by atoms with van der Waals surface area (Å²) in [5.74, 6) is 0.693. The van der Waals surface area contributed by atoms with Crippen molar-refractivity contribution in [2.45, 2.75) is 19.4 Å². The molecule has 5 nitrogen and oxygen atoms in total. The van der Waals surface area contributed by atoms with Gasteiger partial charge < -0.3 is 20.1 Å². The highest BCUT2D eigenvalue weighted by atomic mass is 16.5. The van der Waals surface area contributed by atoms with Crippen molar-refractivity contribution >= 4 is 6.03 Å². The fraction of sp³-hybridized carbons (Fsp3) is 0.438. The van der Waals surface area contributed by atoms with E-state index in [0.717, 1.165) is 31.5 Å². The van der Waals surface area contributed by atoms with Crippen LogP contribution in [-0.4, -0.2) is 42.3 Å². The lowest BCUT2D eigenvalue weighted by atomic mass is 10.1. The number of piperidine rings is 1. The second kappa shape index (κ2) is 7.69. The van der Waals surface area contributed by atoms with Crippen LogP contribution in [0.1, 0.15) is 18.4 Å². The van der Waals surface area contributed by atoms with E-state index in [1.165, 1.54) is 5.57 Å². The normalized spacial score (nSPS) is 14.9. The lowest BCUT2D eigenvalue weighted by molar-refractivity contribution is 0.191. The molecule has 1 aromatic rings. The number of para-hydroxylation sites is 1. The van der Waals surface area contributed by atoms with Crippen molar-refractivity contribution in [1.82, 2.24) is 10.2 Å². The SMILES string of the molecule is C=C1CCN(C(=O)NCc2ccccc2OCCO)CC1. The number of carbonyl (C=O) groups is 1. The molecule has 1 aliphatic rings. The zero-order valence-corrected chi connectivity index (χ0v) is 12.2. The van der Waals surface area contributed by atoms with Gasteiger partial charge in [0.1, 0.15) is 12.4 Å². The quantitative estimate of drug-likeness (QED) is 0.814. The van der Waals surface area contributed by atoms with E-state index in [1.54, 1.807) is 0 Å². The minimum atomic E-state index is -0.0561. The highest BCUT2D eigenvalue weighted by Crippen LogP contribution is 2.18. The molecular weight excluding hydrogens is 268 g/mol. The van der Waals surface area contributed by atoms with Gasteiger partial charge in [0.2, 0.25) is 0 Å². The molecule has 1 aliphatic heterocycles. The van der Waals surface area contributed by atoms with Gasteiger partial charge in [0.25, 0.3) is 0 Å². The summed E-state index contributed by atoms with van der Waals surface area (Å²) < 4.78 is 5.45. The topological polar surface area (TPSA) is 61.8 Å². The summed E-state index contributed by atoms with van der Waals surface area (Å²) in [5.41, 5.74) is 2.11. The van der Waals surface area contributed by atoms with E-state index in [0.29, 0.717) is 12.3 Å². The maximum atomic E-state index is 12.1. The van der Waals surface area contributed by atoms with Crippen LogP contribution in [0.5, 0.6) is 5.75 Å². The van der Waals surface area contributed by atoms with Gasteiger partial charge >= 0.3 is 6.03 Å². The van der Waals surface area contributed by atoms with Crippen LogP contribution in [0.25, 0.3) is 0 Å². The van der Waals surface area contributed by atoms with E-state index >= 15 is 0 Å². The Labute approximate surface area is 125 Å². The second-order valence-electron chi connectivity index (χ2n) is 5.08. The third-order valence-electron chi connectivity index (χ3n) is 3.51. The number of aliphatic hydroxyl groups is 1. The van der Waals surface area contributed by atoms with Gasteiger partial charge in [-0.3, -0.25) is 0 Å². The number of likely N-dealkylation sites (tertiary alicyclic amines) is 1. The minimum absolute atomic E-state index is 0.0294. The highest BCUT2D eigenvalue weighted by Gasteiger charge is 2.17. The largest absolute Gasteiger partial charge is 0.491 e. The van der Waals surface area contributed by atoms with E-state index in [9.17, 15) is 4.79 Å². The average molecular weight is 290 g/mol. The van der Waals surface area contributed by atoms with Crippen LogP contribution in [0.4, 0.5) is 4.79 Å². The molecule has 2 N–H and O–H groups in total. The molecule has 0 atom stereocenters. The van der Waals surface area contributed by atoms with Gasteiger partial charge in [-0.1, -0.05) is 30.4 Å². The first-order valence-electron chi connectivity index (χ1n) is 7.21. The van der Waals surface area contributed by atoms with Gasteiger partial charge in [-0.15, -0.1) is 0 Å². The minimum Gasteiger partial charge on any atom is -0.491 e. The number of hydrogen-bond donors (Lipinski definition) is 2. The van der Waals surface area contributed by atoms with Crippen LogP contribution < -0.4 is 10.1 Å². The first kappa shape index (κ1) is 15.4. The molecule has 0 bridgehead atoms. The van der Waals surface area contributed by atoms with Crippen molar-refractivity contribution in [2.24, 2.45) is 0 Å². The summed E-state index contributed by atoms with van der Waals surface area (Å²) in [7, 11) is 0. The number of amides is 2. The summed E-state index contributed by atoms with van der Waals surface area (Å²) >= 11 is 0. The van der Waals surface area contributed by atoms with E-state index in [4.69, 9.17) is 9.84 Å². The predicted molar refractivity (Wildman–Crippen MR) is 81.2 cm³/mol. The number of aliphatic hydroxyl groups excluding tert-OH is 1. The predicted octanol–water partition coefficient (Wildman–Crippen LogP) is 1.92. The maximum absolute atomic E-state index is 12.1. The molecule has 2 rings (SSSR count). The molecule has 1 saturated heterocycles. The van der Waals surface area contributed by atoms with E-state index in [-0.39, 0.29) is 19.2 Å². The number of rotatable bonds is 5. The summed E-state index contributed by atoms with van der Waals surface area (Å²) in [5, 5.41) is 11.7. The average Bonchev–Trinajstić information content (AvgIpc) is 2.52. The van der Waals surface area contributed by atoms with Crippen molar-refractivity contribution in [3.8, 4) is 5.75 Å². The first-order chi connectivity index (χ1) is 10.2. The van der Waals surface area contributed by atoms with Crippen molar-refractivity contribution in [1.29, 1.82) is 0 Å². The van der Waals surface area contributed by atoms with E-state index in [1.807, 2.05) is 29.2 Å². The Morgan fingerprint density at radius 3 is 2.76 bits per heavy atom. The van der Waals surface area contributed by atoms with Crippen LogP contribution in [0, 0.1) is 0 Å². The molecule has 0 aromatic heterocycles. The number of urea groups is 1. The molecule has 114 valence electrons. The van der Waals surface area contributed by atoms with Gasteiger partial charge in [-0.2, -0.15) is 0 Å². The van der Waals surface area contributed by atoms with Gasteiger partial charge in [0.15, 0.2) is 0 Å². The van der Waals surface area contributed by atoms with Gasteiger partial charge in [0.05, 0.1) is 6.61 Å².